The molecule has 0 unspecified atom stereocenters. The number of aliphatic hydroxyl groups is 1. The molecule has 3 N–H and O–H groups in total. The van der Waals surface area contributed by atoms with Crippen molar-refractivity contribution in [3.63, 3.8) is 0 Å². The van der Waals surface area contributed by atoms with Gasteiger partial charge in [0.1, 0.15) is 0 Å². The Balaban J connectivity index is 1.31. The normalized spacial score (nSPS) is 12.2. The first kappa shape index (κ1) is 19.6. The molecule has 0 fully saturated rings. The van der Waals surface area contributed by atoms with Gasteiger partial charge in [-0.1, -0.05) is 60.1 Å². The summed E-state index contributed by atoms with van der Waals surface area (Å²) in [5, 5.41) is 19.8. The van der Waals surface area contributed by atoms with Crippen molar-refractivity contribution in [1.29, 1.82) is 0 Å². The summed E-state index contributed by atoms with van der Waals surface area (Å²) >= 11 is 5.85. The van der Waals surface area contributed by atoms with Gasteiger partial charge in [-0.3, -0.25) is 0 Å². The van der Waals surface area contributed by atoms with E-state index in [9.17, 15) is 5.11 Å². The third kappa shape index (κ3) is 6.22. The molecule has 0 aliphatic heterocycles. The minimum absolute atomic E-state index is 0.298. The summed E-state index contributed by atoms with van der Waals surface area (Å²) in [6, 6.07) is 22.1. The van der Waals surface area contributed by atoms with Crippen LogP contribution in [0.25, 0.3) is 10.8 Å². The van der Waals surface area contributed by atoms with Gasteiger partial charge < -0.3 is 20.5 Å². The van der Waals surface area contributed by atoms with Crippen molar-refractivity contribution in [1.82, 2.24) is 5.32 Å². The van der Waals surface area contributed by atoms with E-state index in [-0.39, 0.29) is 0 Å². The van der Waals surface area contributed by atoms with Gasteiger partial charge in [-0.25, -0.2) is 0 Å². The molecule has 142 valence electrons. The topological polar surface area (TPSA) is 53.5 Å². The van der Waals surface area contributed by atoms with Crippen LogP contribution in [0.1, 0.15) is 5.56 Å². The zero-order chi connectivity index (χ0) is 18.9. The molecule has 3 aromatic rings. The first-order valence-corrected chi connectivity index (χ1v) is 9.53. The largest absolute Gasteiger partial charge is 0.389 e. The third-order valence-electron chi connectivity index (χ3n) is 4.28. The van der Waals surface area contributed by atoms with Crippen molar-refractivity contribution in [3.05, 3.63) is 77.3 Å². The SMILES string of the molecule is O[C@@H](CNCCNc1cccc2ccccc12)COCc1ccc(Cl)cc1. The summed E-state index contributed by atoms with van der Waals surface area (Å²) in [6.45, 7) is 2.81. The van der Waals surface area contributed by atoms with E-state index < -0.39 is 6.10 Å². The molecule has 1 atom stereocenters. The lowest BCUT2D eigenvalue weighted by molar-refractivity contribution is 0.0291. The van der Waals surface area contributed by atoms with Crippen LogP contribution in [-0.2, 0) is 11.3 Å². The molecule has 0 saturated carbocycles. The van der Waals surface area contributed by atoms with E-state index in [4.69, 9.17) is 16.3 Å². The smallest absolute Gasteiger partial charge is 0.0897 e. The number of fused-ring (bicyclic) bond motifs is 1. The monoisotopic (exact) mass is 384 g/mol. The molecule has 0 spiro atoms. The van der Waals surface area contributed by atoms with E-state index >= 15 is 0 Å². The number of hydrogen-bond acceptors (Lipinski definition) is 4. The molecule has 3 aromatic carbocycles. The molecule has 3 rings (SSSR count). The quantitative estimate of drug-likeness (QED) is 0.461. The fraction of sp³-hybridized carbons (Fsp3) is 0.273. The van der Waals surface area contributed by atoms with E-state index in [1.54, 1.807) is 0 Å². The molecule has 0 saturated heterocycles. The first-order chi connectivity index (χ1) is 13.2. The van der Waals surface area contributed by atoms with Crippen LogP contribution in [0.5, 0.6) is 0 Å². The molecular weight excluding hydrogens is 360 g/mol. The molecule has 0 amide bonds. The van der Waals surface area contributed by atoms with Gasteiger partial charge >= 0.3 is 0 Å². The molecule has 5 heteroatoms. The number of nitrogens with one attached hydrogen (secondary N) is 2. The lowest BCUT2D eigenvalue weighted by Gasteiger charge is -2.14. The van der Waals surface area contributed by atoms with E-state index in [1.807, 2.05) is 36.4 Å². The number of ether oxygens (including phenoxy) is 1. The van der Waals surface area contributed by atoms with Crippen molar-refractivity contribution in [2.24, 2.45) is 0 Å². The summed E-state index contributed by atoms with van der Waals surface area (Å²) in [4.78, 5) is 0. The van der Waals surface area contributed by atoms with Gasteiger partial charge in [-0.15, -0.1) is 0 Å². The zero-order valence-electron chi connectivity index (χ0n) is 15.2. The lowest BCUT2D eigenvalue weighted by Crippen LogP contribution is -2.33. The summed E-state index contributed by atoms with van der Waals surface area (Å²) in [7, 11) is 0. The number of halogens is 1. The van der Waals surface area contributed by atoms with Crippen molar-refractivity contribution < 1.29 is 9.84 Å². The Morgan fingerprint density at radius 2 is 1.70 bits per heavy atom. The molecule has 0 aromatic heterocycles. The van der Waals surface area contributed by atoms with Crippen LogP contribution < -0.4 is 10.6 Å². The standard InChI is InChI=1S/C22H25ClN2O2/c23-19-10-8-17(9-11-19)15-27-16-20(26)14-24-12-13-25-22-7-3-5-18-4-1-2-6-21(18)22/h1-11,20,24-26H,12-16H2/t20-/m0/s1. The molecule has 0 aliphatic carbocycles. The Morgan fingerprint density at radius 1 is 0.926 bits per heavy atom. The lowest BCUT2D eigenvalue weighted by atomic mass is 10.1. The second-order valence-corrected chi connectivity index (χ2v) is 6.89. The van der Waals surface area contributed by atoms with Crippen LogP contribution in [0.2, 0.25) is 5.02 Å². The Kier molecular flexibility index (Phi) is 7.48. The Bertz CT molecular complexity index is 834. The van der Waals surface area contributed by atoms with Crippen LogP contribution in [0.3, 0.4) is 0 Å². The Hall–Kier alpha value is -2.11. The molecule has 27 heavy (non-hydrogen) atoms. The number of aliphatic hydroxyl groups excluding tert-OH is 1. The summed E-state index contributed by atoms with van der Waals surface area (Å²) in [5.74, 6) is 0. The minimum Gasteiger partial charge on any atom is -0.389 e. The summed E-state index contributed by atoms with van der Waals surface area (Å²) in [5.41, 5.74) is 2.17. The van der Waals surface area contributed by atoms with Crippen molar-refractivity contribution >= 4 is 28.1 Å². The van der Waals surface area contributed by atoms with E-state index in [0.717, 1.165) is 24.3 Å². The molecule has 0 radical (unpaired) electrons. The highest BCUT2D eigenvalue weighted by Crippen LogP contribution is 2.22. The zero-order valence-corrected chi connectivity index (χ0v) is 16.0. The van der Waals surface area contributed by atoms with Gasteiger partial charge in [0.25, 0.3) is 0 Å². The van der Waals surface area contributed by atoms with Crippen LogP contribution >= 0.6 is 11.6 Å². The molecule has 0 aliphatic rings. The predicted octanol–water partition coefficient (Wildman–Crippen LogP) is 4.07. The fourth-order valence-corrected chi connectivity index (χ4v) is 3.01. The second-order valence-electron chi connectivity index (χ2n) is 6.45. The van der Waals surface area contributed by atoms with E-state index in [0.29, 0.717) is 24.8 Å². The van der Waals surface area contributed by atoms with Gasteiger partial charge in [-0.2, -0.15) is 0 Å². The maximum Gasteiger partial charge on any atom is 0.0897 e. The number of benzene rings is 3. The van der Waals surface area contributed by atoms with Crippen LogP contribution in [0.4, 0.5) is 5.69 Å². The van der Waals surface area contributed by atoms with Gasteiger partial charge in [0, 0.05) is 35.7 Å². The maximum absolute atomic E-state index is 10.00. The summed E-state index contributed by atoms with van der Waals surface area (Å²) in [6.07, 6.45) is -0.533. The van der Waals surface area contributed by atoms with E-state index in [2.05, 4.69) is 41.0 Å². The van der Waals surface area contributed by atoms with Gasteiger partial charge in [0.05, 0.1) is 19.3 Å². The van der Waals surface area contributed by atoms with Crippen LogP contribution in [-0.4, -0.2) is 37.5 Å². The van der Waals surface area contributed by atoms with Crippen molar-refractivity contribution in [3.8, 4) is 0 Å². The molecule has 0 bridgehead atoms. The highest BCUT2D eigenvalue weighted by atomic mass is 35.5. The van der Waals surface area contributed by atoms with Gasteiger partial charge in [0.15, 0.2) is 0 Å². The average molecular weight is 385 g/mol. The number of hydrogen-bond donors (Lipinski definition) is 3. The maximum atomic E-state index is 10.00. The van der Waals surface area contributed by atoms with Crippen LogP contribution in [0, 0.1) is 0 Å². The first-order valence-electron chi connectivity index (χ1n) is 9.15. The summed E-state index contributed by atoms with van der Waals surface area (Å²) < 4.78 is 5.55. The average Bonchev–Trinajstić information content (AvgIpc) is 2.69. The highest BCUT2D eigenvalue weighted by molar-refractivity contribution is 6.30. The molecule has 0 heterocycles. The van der Waals surface area contributed by atoms with Crippen LogP contribution in [0.15, 0.2) is 66.7 Å². The van der Waals surface area contributed by atoms with Crippen molar-refractivity contribution in [2.75, 3.05) is 31.6 Å². The minimum atomic E-state index is -0.533. The van der Waals surface area contributed by atoms with Gasteiger partial charge in [-0.05, 0) is 29.1 Å². The Morgan fingerprint density at radius 3 is 2.56 bits per heavy atom. The third-order valence-corrected chi connectivity index (χ3v) is 4.53. The number of anilines is 1. The van der Waals surface area contributed by atoms with Gasteiger partial charge in [0.2, 0.25) is 0 Å². The van der Waals surface area contributed by atoms with E-state index in [1.165, 1.54) is 10.8 Å². The fourth-order valence-electron chi connectivity index (χ4n) is 2.89. The van der Waals surface area contributed by atoms with Crippen molar-refractivity contribution in [2.45, 2.75) is 12.7 Å². The predicted molar refractivity (Wildman–Crippen MR) is 112 cm³/mol. The second kappa shape index (κ2) is 10.3. The Labute approximate surface area is 165 Å². The molecular formula is C22H25ClN2O2. The number of rotatable bonds is 10. The molecule has 4 nitrogen and oxygen atoms in total. The highest BCUT2D eigenvalue weighted by Gasteiger charge is 2.04.